The van der Waals surface area contributed by atoms with Crippen molar-refractivity contribution in [3.8, 4) is 0 Å². The van der Waals surface area contributed by atoms with Crippen LogP contribution in [-0.4, -0.2) is 23.9 Å². The molecule has 4 heteroatoms. The molecular formula is C16H19BrClNO. The van der Waals surface area contributed by atoms with Crippen LogP contribution in [0.2, 0.25) is 5.02 Å². The number of benzene rings is 1. The van der Waals surface area contributed by atoms with E-state index in [1.807, 2.05) is 11.0 Å². The Labute approximate surface area is 133 Å². The topological polar surface area (TPSA) is 20.3 Å². The second-order valence-electron chi connectivity index (χ2n) is 6.10. The minimum atomic E-state index is 0.0311. The van der Waals surface area contributed by atoms with Crippen molar-refractivity contribution in [3.05, 3.63) is 44.9 Å². The van der Waals surface area contributed by atoms with Gasteiger partial charge in [0.15, 0.2) is 0 Å². The zero-order valence-corrected chi connectivity index (χ0v) is 14.4. The highest BCUT2D eigenvalue weighted by Crippen LogP contribution is 2.31. The molecule has 0 saturated heterocycles. The highest BCUT2D eigenvalue weighted by atomic mass is 79.9. The van der Waals surface area contributed by atoms with E-state index < -0.39 is 0 Å². The Hall–Kier alpha value is -0.800. The van der Waals surface area contributed by atoms with Crippen molar-refractivity contribution in [2.75, 3.05) is 13.1 Å². The van der Waals surface area contributed by atoms with E-state index in [0.717, 1.165) is 17.4 Å². The van der Waals surface area contributed by atoms with Crippen LogP contribution >= 0.6 is 27.5 Å². The number of hydrogen-bond donors (Lipinski definition) is 0. The van der Waals surface area contributed by atoms with Crippen LogP contribution in [0, 0.1) is 5.41 Å². The molecule has 1 aliphatic rings. The van der Waals surface area contributed by atoms with Gasteiger partial charge in [-0.1, -0.05) is 44.0 Å². The van der Waals surface area contributed by atoms with Crippen LogP contribution in [0.15, 0.2) is 34.3 Å². The molecule has 1 aliphatic heterocycles. The first-order valence-corrected chi connectivity index (χ1v) is 7.90. The number of halogens is 2. The molecule has 1 aromatic rings. The molecule has 0 fully saturated rings. The molecule has 1 heterocycles. The lowest BCUT2D eigenvalue weighted by atomic mass is 9.83. The summed E-state index contributed by atoms with van der Waals surface area (Å²) in [6.07, 6.45) is 3.12. The van der Waals surface area contributed by atoms with Crippen molar-refractivity contribution in [2.24, 2.45) is 5.41 Å². The minimum Gasteiger partial charge on any atom is -0.335 e. The van der Waals surface area contributed by atoms with Gasteiger partial charge >= 0.3 is 0 Å². The van der Waals surface area contributed by atoms with Gasteiger partial charge in [0.25, 0.3) is 5.91 Å². The summed E-state index contributed by atoms with van der Waals surface area (Å²) in [5, 5.41) is 0.583. The molecule has 0 radical (unpaired) electrons. The molecule has 2 nitrogen and oxygen atoms in total. The Morgan fingerprint density at radius 1 is 1.35 bits per heavy atom. The van der Waals surface area contributed by atoms with Crippen molar-refractivity contribution in [2.45, 2.75) is 27.2 Å². The quantitative estimate of drug-likeness (QED) is 0.654. The van der Waals surface area contributed by atoms with Crippen LogP contribution in [0.25, 0.3) is 0 Å². The second-order valence-corrected chi connectivity index (χ2v) is 7.40. The Balaban J connectivity index is 2.17. The van der Waals surface area contributed by atoms with E-state index in [0.29, 0.717) is 17.1 Å². The zero-order chi connectivity index (χ0) is 14.9. The molecule has 0 atom stereocenters. The maximum Gasteiger partial charge on any atom is 0.255 e. The smallest absolute Gasteiger partial charge is 0.255 e. The molecule has 0 bridgehead atoms. The third-order valence-corrected chi connectivity index (χ3v) is 4.55. The highest BCUT2D eigenvalue weighted by Gasteiger charge is 2.25. The second kappa shape index (κ2) is 5.90. The minimum absolute atomic E-state index is 0.0311. The van der Waals surface area contributed by atoms with Gasteiger partial charge < -0.3 is 4.90 Å². The van der Waals surface area contributed by atoms with Gasteiger partial charge in [0.05, 0.1) is 5.56 Å². The van der Waals surface area contributed by atoms with Gasteiger partial charge in [0.2, 0.25) is 0 Å². The Morgan fingerprint density at radius 3 is 2.60 bits per heavy atom. The van der Waals surface area contributed by atoms with E-state index in [9.17, 15) is 4.79 Å². The number of rotatable bonds is 1. The lowest BCUT2D eigenvalue weighted by Crippen LogP contribution is -2.36. The third kappa shape index (κ3) is 3.44. The standard InChI is InChI=1S/C16H19BrClNO/c1-16(2,3)11-6-8-19(9-7-11)15(20)13-10-12(18)4-5-14(13)17/h4-6,10H,7-9H2,1-3H3. The van der Waals surface area contributed by atoms with E-state index in [1.54, 1.807) is 12.1 Å². The fraction of sp³-hybridized carbons (Fsp3) is 0.438. The fourth-order valence-corrected chi connectivity index (χ4v) is 2.95. The predicted molar refractivity (Wildman–Crippen MR) is 87.2 cm³/mol. The highest BCUT2D eigenvalue weighted by molar-refractivity contribution is 9.10. The van der Waals surface area contributed by atoms with Crippen molar-refractivity contribution < 1.29 is 4.79 Å². The monoisotopic (exact) mass is 355 g/mol. The normalized spacial score (nSPS) is 16.1. The van der Waals surface area contributed by atoms with E-state index in [2.05, 4.69) is 42.8 Å². The fourth-order valence-electron chi connectivity index (χ4n) is 2.37. The lowest BCUT2D eigenvalue weighted by molar-refractivity contribution is 0.0764. The number of amides is 1. The first kappa shape index (κ1) is 15.6. The Morgan fingerprint density at radius 2 is 2.05 bits per heavy atom. The summed E-state index contributed by atoms with van der Waals surface area (Å²) in [5.41, 5.74) is 2.24. The van der Waals surface area contributed by atoms with Crippen molar-refractivity contribution in [1.82, 2.24) is 4.90 Å². The first-order chi connectivity index (χ1) is 9.29. The van der Waals surface area contributed by atoms with Gasteiger partial charge in [-0.2, -0.15) is 0 Å². The summed E-state index contributed by atoms with van der Waals surface area (Å²) in [7, 11) is 0. The summed E-state index contributed by atoms with van der Waals surface area (Å²) < 4.78 is 0.789. The molecule has 0 aromatic heterocycles. The van der Waals surface area contributed by atoms with Crippen LogP contribution in [0.5, 0.6) is 0 Å². The van der Waals surface area contributed by atoms with E-state index in [-0.39, 0.29) is 11.3 Å². The summed E-state index contributed by atoms with van der Waals surface area (Å²) >= 11 is 9.40. The zero-order valence-electron chi connectivity index (χ0n) is 12.0. The number of hydrogen-bond acceptors (Lipinski definition) is 1. The largest absolute Gasteiger partial charge is 0.335 e. The first-order valence-electron chi connectivity index (χ1n) is 6.73. The van der Waals surface area contributed by atoms with Gasteiger partial charge in [-0.25, -0.2) is 0 Å². The van der Waals surface area contributed by atoms with Crippen molar-refractivity contribution >= 4 is 33.4 Å². The van der Waals surface area contributed by atoms with Crippen LogP contribution in [-0.2, 0) is 0 Å². The number of carbonyl (C=O) groups excluding carboxylic acids is 1. The summed E-state index contributed by atoms with van der Waals surface area (Å²) in [6.45, 7) is 8.07. The lowest BCUT2D eigenvalue weighted by Gasteiger charge is -2.32. The number of nitrogens with zero attached hydrogens (tertiary/aromatic N) is 1. The molecule has 1 amide bonds. The molecule has 2 rings (SSSR count). The molecule has 1 aromatic carbocycles. The van der Waals surface area contributed by atoms with Crippen LogP contribution in [0.1, 0.15) is 37.6 Å². The molecule has 0 saturated carbocycles. The van der Waals surface area contributed by atoms with Gasteiger partial charge in [-0.05, 0) is 46.0 Å². The molecular weight excluding hydrogens is 338 g/mol. The average molecular weight is 357 g/mol. The van der Waals surface area contributed by atoms with Gasteiger partial charge in [-0.3, -0.25) is 4.79 Å². The summed E-state index contributed by atoms with van der Waals surface area (Å²) in [4.78, 5) is 14.4. The molecule has 0 aliphatic carbocycles. The van der Waals surface area contributed by atoms with Crippen LogP contribution in [0.4, 0.5) is 0 Å². The maximum absolute atomic E-state index is 12.5. The maximum atomic E-state index is 12.5. The van der Waals surface area contributed by atoms with Crippen molar-refractivity contribution in [3.63, 3.8) is 0 Å². The number of carbonyl (C=O) groups is 1. The molecule has 0 unspecified atom stereocenters. The summed E-state index contributed by atoms with van der Waals surface area (Å²) in [5.74, 6) is 0.0311. The Kier molecular flexibility index (Phi) is 4.60. The average Bonchev–Trinajstić information content (AvgIpc) is 2.40. The van der Waals surface area contributed by atoms with E-state index in [4.69, 9.17) is 11.6 Å². The molecule has 108 valence electrons. The van der Waals surface area contributed by atoms with E-state index in [1.165, 1.54) is 5.57 Å². The molecule has 20 heavy (non-hydrogen) atoms. The van der Waals surface area contributed by atoms with Gasteiger partial charge in [-0.15, -0.1) is 0 Å². The van der Waals surface area contributed by atoms with Gasteiger partial charge in [0, 0.05) is 22.6 Å². The molecule has 0 N–H and O–H groups in total. The van der Waals surface area contributed by atoms with Crippen LogP contribution in [0.3, 0.4) is 0 Å². The molecule has 0 spiro atoms. The van der Waals surface area contributed by atoms with E-state index >= 15 is 0 Å². The third-order valence-electron chi connectivity index (χ3n) is 3.62. The SMILES string of the molecule is CC(C)(C)C1=CCN(C(=O)c2cc(Cl)ccc2Br)CC1. The van der Waals surface area contributed by atoms with Crippen LogP contribution < -0.4 is 0 Å². The predicted octanol–water partition coefficient (Wildman–Crippen LogP) is 4.92. The van der Waals surface area contributed by atoms with Crippen molar-refractivity contribution in [1.29, 1.82) is 0 Å². The Bertz CT molecular complexity index is 560. The summed E-state index contributed by atoms with van der Waals surface area (Å²) in [6, 6.07) is 5.31. The van der Waals surface area contributed by atoms with Gasteiger partial charge in [0.1, 0.15) is 0 Å².